The van der Waals surface area contributed by atoms with Crippen molar-refractivity contribution in [2.75, 3.05) is 31.6 Å². The Labute approximate surface area is 117 Å². The van der Waals surface area contributed by atoms with Crippen molar-refractivity contribution in [2.24, 2.45) is 5.92 Å². The maximum absolute atomic E-state index is 2.85. The van der Waals surface area contributed by atoms with Crippen LogP contribution in [0.15, 0.2) is 0 Å². The molecule has 0 aromatic heterocycles. The predicted molar refractivity (Wildman–Crippen MR) is 82.4 cm³/mol. The fourth-order valence-electron chi connectivity index (χ4n) is 3.72. The largest absolute Gasteiger partial charge is 0.298 e. The predicted octanol–water partition coefficient (Wildman–Crippen LogP) is 2.93. The number of hydrogen-bond donors (Lipinski definition) is 0. The van der Waals surface area contributed by atoms with Crippen molar-refractivity contribution in [3.8, 4) is 0 Å². The first-order chi connectivity index (χ1) is 8.67. The lowest BCUT2D eigenvalue weighted by molar-refractivity contribution is 0.00516. The van der Waals surface area contributed by atoms with Crippen molar-refractivity contribution < 1.29 is 0 Å². The summed E-state index contributed by atoms with van der Waals surface area (Å²) in [6.07, 6.45) is 6.40. The van der Waals surface area contributed by atoms with E-state index in [4.69, 9.17) is 0 Å². The molecule has 0 radical (unpaired) electrons. The van der Waals surface area contributed by atoms with Crippen LogP contribution in [0.1, 0.15) is 40.0 Å². The molecule has 0 saturated carbocycles. The van der Waals surface area contributed by atoms with Crippen molar-refractivity contribution in [3.05, 3.63) is 0 Å². The molecule has 3 heteroatoms. The SMILES string of the molecule is CCC(CSC)N1CC2CCCN2CC1C(C)C. The van der Waals surface area contributed by atoms with Gasteiger partial charge in [0.15, 0.2) is 0 Å². The molecule has 0 aliphatic carbocycles. The van der Waals surface area contributed by atoms with Crippen molar-refractivity contribution >= 4 is 11.8 Å². The minimum absolute atomic E-state index is 0.774. The van der Waals surface area contributed by atoms with E-state index in [-0.39, 0.29) is 0 Å². The standard InChI is InChI=1S/C15H30N2S/c1-5-13(11-18-4)17-9-14-7-6-8-16(14)10-15(17)12(2)3/h12-15H,5-11H2,1-4H3. The normalized spacial score (nSPS) is 31.8. The summed E-state index contributed by atoms with van der Waals surface area (Å²) in [6, 6.07) is 2.42. The van der Waals surface area contributed by atoms with Crippen LogP contribution in [0.2, 0.25) is 0 Å². The molecule has 0 aromatic rings. The molecular formula is C15H30N2S. The zero-order chi connectivity index (χ0) is 13.1. The van der Waals surface area contributed by atoms with Crippen LogP contribution in [0.25, 0.3) is 0 Å². The maximum atomic E-state index is 2.85. The Kier molecular flexibility index (Phi) is 5.40. The molecule has 0 amide bonds. The molecule has 3 atom stereocenters. The van der Waals surface area contributed by atoms with Gasteiger partial charge in [-0.1, -0.05) is 20.8 Å². The molecule has 0 N–H and O–H groups in total. The Morgan fingerprint density at radius 1 is 1.28 bits per heavy atom. The summed E-state index contributed by atoms with van der Waals surface area (Å²) in [5.74, 6) is 2.08. The van der Waals surface area contributed by atoms with Crippen LogP contribution in [-0.4, -0.2) is 59.6 Å². The highest BCUT2D eigenvalue weighted by molar-refractivity contribution is 7.98. The monoisotopic (exact) mass is 270 g/mol. The Bertz CT molecular complexity index is 257. The van der Waals surface area contributed by atoms with Gasteiger partial charge in [-0.2, -0.15) is 11.8 Å². The van der Waals surface area contributed by atoms with Gasteiger partial charge in [0.2, 0.25) is 0 Å². The average molecular weight is 270 g/mol. The number of rotatable bonds is 5. The fourth-order valence-corrected chi connectivity index (χ4v) is 4.53. The summed E-state index contributed by atoms with van der Waals surface area (Å²) in [4.78, 5) is 5.61. The molecular weight excluding hydrogens is 240 g/mol. The molecule has 2 saturated heterocycles. The number of hydrogen-bond acceptors (Lipinski definition) is 3. The highest BCUT2D eigenvalue weighted by Crippen LogP contribution is 2.30. The highest BCUT2D eigenvalue weighted by Gasteiger charge is 2.39. The molecule has 2 aliphatic rings. The summed E-state index contributed by atoms with van der Waals surface area (Å²) in [7, 11) is 0. The van der Waals surface area contributed by atoms with Crippen LogP contribution in [0.3, 0.4) is 0 Å². The summed E-state index contributed by atoms with van der Waals surface area (Å²) in [5, 5.41) is 0. The smallest absolute Gasteiger partial charge is 0.0250 e. The van der Waals surface area contributed by atoms with Gasteiger partial charge in [0.1, 0.15) is 0 Å². The Morgan fingerprint density at radius 2 is 2.06 bits per heavy atom. The van der Waals surface area contributed by atoms with Gasteiger partial charge >= 0.3 is 0 Å². The molecule has 0 spiro atoms. The fraction of sp³-hybridized carbons (Fsp3) is 1.00. The van der Waals surface area contributed by atoms with E-state index in [0.717, 1.165) is 24.0 Å². The summed E-state index contributed by atoms with van der Waals surface area (Å²) >= 11 is 2.01. The third-order valence-corrected chi connectivity index (χ3v) is 5.56. The van der Waals surface area contributed by atoms with Crippen LogP contribution in [0, 0.1) is 5.92 Å². The molecule has 2 fully saturated rings. The molecule has 2 nitrogen and oxygen atoms in total. The van der Waals surface area contributed by atoms with Crippen LogP contribution in [-0.2, 0) is 0 Å². The number of fused-ring (bicyclic) bond motifs is 1. The van der Waals surface area contributed by atoms with Crippen molar-refractivity contribution in [3.63, 3.8) is 0 Å². The highest BCUT2D eigenvalue weighted by atomic mass is 32.2. The second-order valence-electron chi connectivity index (χ2n) is 6.32. The van der Waals surface area contributed by atoms with Gasteiger partial charge in [0.25, 0.3) is 0 Å². The van der Waals surface area contributed by atoms with Crippen molar-refractivity contribution in [2.45, 2.75) is 58.2 Å². The Morgan fingerprint density at radius 3 is 2.67 bits per heavy atom. The lowest BCUT2D eigenvalue weighted by Crippen LogP contribution is -2.61. The first kappa shape index (κ1) is 14.7. The lowest BCUT2D eigenvalue weighted by Gasteiger charge is -2.48. The van der Waals surface area contributed by atoms with Gasteiger partial charge in [0, 0.05) is 37.0 Å². The molecule has 2 heterocycles. The van der Waals surface area contributed by atoms with Crippen LogP contribution in [0.4, 0.5) is 0 Å². The third-order valence-electron chi connectivity index (χ3n) is 4.84. The molecule has 3 unspecified atom stereocenters. The van der Waals surface area contributed by atoms with Gasteiger partial charge in [0.05, 0.1) is 0 Å². The molecule has 2 aliphatic heterocycles. The molecule has 0 aromatic carbocycles. The molecule has 18 heavy (non-hydrogen) atoms. The van der Waals surface area contributed by atoms with Gasteiger partial charge in [-0.25, -0.2) is 0 Å². The van der Waals surface area contributed by atoms with Gasteiger partial charge in [-0.05, 0) is 38.0 Å². The first-order valence-corrected chi connectivity index (χ1v) is 9.05. The minimum atomic E-state index is 0.774. The molecule has 106 valence electrons. The molecule has 2 rings (SSSR count). The van der Waals surface area contributed by atoms with Crippen LogP contribution >= 0.6 is 11.8 Å². The summed E-state index contributed by atoms with van der Waals surface area (Å²) in [5.41, 5.74) is 0. The zero-order valence-electron chi connectivity index (χ0n) is 12.6. The molecule has 0 bridgehead atoms. The number of nitrogens with zero attached hydrogens (tertiary/aromatic N) is 2. The van der Waals surface area contributed by atoms with E-state index in [1.165, 1.54) is 44.6 Å². The van der Waals surface area contributed by atoms with E-state index in [1.807, 2.05) is 11.8 Å². The van der Waals surface area contributed by atoms with E-state index >= 15 is 0 Å². The van der Waals surface area contributed by atoms with E-state index in [2.05, 4.69) is 36.8 Å². The quantitative estimate of drug-likeness (QED) is 0.758. The van der Waals surface area contributed by atoms with E-state index in [9.17, 15) is 0 Å². The lowest BCUT2D eigenvalue weighted by atomic mass is 9.95. The Balaban J connectivity index is 2.08. The third kappa shape index (κ3) is 3.05. The van der Waals surface area contributed by atoms with Crippen LogP contribution < -0.4 is 0 Å². The number of thioether (sulfide) groups is 1. The van der Waals surface area contributed by atoms with Gasteiger partial charge in [-0.15, -0.1) is 0 Å². The topological polar surface area (TPSA) is 6.48 Å². The second-order valence-corrected chi connectivity index (χ2v) is 7.23. The maximum Gasteiger partial charge on any atom is 0.0250 e. The average Bonchev–Trinajstić information content (AvgIpc) is 2.81. The summed E-state index contributed by atoms with van der Waals surface area (Å²) in [6.45, 7) is 11.1. The van der Waals surface area contributed by atoms with Gasteiger partial charge in [-0.3, -0.25) is 9.80 Å². The second kappa shape index (κ2) is 6.62. The van der Waals surface area contributed by atoms with Crippen molar-refractivity contribution in [1.82, 2.24) is 9.80 Å². The van der Waals surface area contributed by atoms with Crippen molar-refractivity contribution in [1.29, 1.82) is 0 Å². The zero-order valence-corrected chi connectivity index (χ0v) is 13.4. The number of piperazine rings is 1. The van der Waals surface area contributed by atoms with Crippen LogP contribution in [0.5, 0.6) is 0 Å². The first-order valence-electron chi connectivity index (χ1n) is 7.66. The van der Waals surface area contributed by atoms with E-state index < -0.39 is 0 Å². The van der Waals surface area contributed by atoms with E-state index in [1.54, 1.807) is 0 Å². The minimum Gasteiger partial charge on any atom is -0.298 e. The van der Waals surface area contributed by atoms with Gasteiger partial charge < -0.3 is 0 Å². The summed E-state index contributed by atoms with van der Waals surface area (Å²) < 4.78 is 0. The Hall–Kier alpha value is 0.270. The van der Waals surface area contributed by atoms with E-state index in [0.29, 0.717) is 0 Å².